The number of ether oxygens (including phenoxy) is 3. The van der Waals surface area contributed by atoms with Crippen LogP contribution in [0.5, 0.6) is 11.6 Å². The van der Waals surface area contributed by atoms with Crippen LogP contribution in [-0.4, -0.2) is 67.8 Å². The van der Waals surface area contributed by atoms with Crippen LogP contribution in [0.1, 0.15) is 45.5 Å². The summed E-state index contributed by atoms with van der Waals surface area (Å²) in [6, 6.07) is 12.6. The van der Waals surface area contributed by atoms with Crippen molar-refractivity contribution in [3.05, 3.63) is 54.5 Å². The van der Waals surface area contributed by atoms with Crippen LogP contribution in [0.2, 0.25) is 0 Å². The summed E-state index contributed by atoms with van der Waals surface area (Å²) in [5, 5.41) is 14.0. The normalized spacial score (nSPS) is 16.1. The number of nitrogens with zero attached hydrogens (tertiary/aromatic N) is 5. The van der Waals surface area contributed by atoms with E-state index in [1.54, 1.807) is 21.8 Å². The molecule has 1 atom stereocenters. The van der Waals surface area contributed by atoms with Gasteiger partial charge in [0.2, 0.25) is 5.88 Å². The van der Waals surface area contributed by atoms with Crippen LogP contribution in [0.3, 0.4) is 0 Å². The summed E-state index contributed by atoms with van der Waals surface area (Å²) in [4.78, 5) is 23.8. The number of carbonyl (C=O) groups excluding carboxylic acids is 1. The molecule has 1 aliphatic rings. The number of hydrogen-bond donors (Lipinski definition) is 1. The van der Waals surface area contributed by atoms with Crippen molar-refractivity contribution in [1.29, 1.82) is 0 Å². The lowest BCUT2D eigenvalue weighted by Gasteiger charge is -2.36. The fraction of sp³-hybridized carbons (Fsp3) is 0.462. The van der Waals surface area contributed by atoms with Crippen molar-refractivity contribution < 1.29 is 24.1 Å². The predicted molar refractivity (Wildman–Crippen MR) is 133 cm³/mol. The Balaban J connectivity index is 1.64. The lowest BCUT2D eigenvalue weighted by atomic mass is 10.2. The molecule has 1 N–H and O–H groups in total. The summed E-state index contributed by atoms with van der Waals surface area (Å²) < 4.78 is 19.0. The molecule has 3 heterocycles. The topological polar surface area (TPSA) is 112 Å². The number of aliphatic hydroxyl groups is 1. The highest BCUT2D eigenvalue weighted by molar-refractivity contribution is 5.69. The highest BCUT2D eigenvalue weighted by atomic mass is 16.6. The SMILES string of the molecule is CC(C)(C)OC(=O)N1CCOCC1c1nc(-c2ccnc(Oc3ccccc3)c2)nn1CCCCO. The van der Waals surface area contributed by atoms with Gasteiger partial charge in [0.15, 0.2) is 11.6 Å². The van der Waals surface area contributed by atoms with E-state index >= 15 is 0 Å². The Kier molecular flexibility index (Phi) is 8.17. The largest absolute Gasteiger partial charge is 0.444 e. The number of amides is 1. The first-order valence-electron chi connectivity index (χ1n) is 12.2. The third-order valence-corrected chi connectivity index (χ3v) is 5.49. The highest BCUT2D eigenvalue weighted by Crippen LogP contribution is 2.29. The Morgan fingerprint density at radius 3 is 2.75 bits per heavy atom. The number of benzene rings is 1. The molecule has 4 rings (SSSR count). The maximum Gasteiger partial charge on any atom is 0.411 e. The maximum atomic E-state index is 13.0. The van der Waals surface area contributed by atoms with Crippen LogP contribution in [0.25, 0.3) is 11.4 Å². The van der Waals surface area contributed by atoms with Crippen molar-refractivity contribution in [2.45, 2.75) is 51.8 Å². The van der Waals surface area contributed by atoms with Gasteiger partial charge in [0.1, 0.15) is 17.4 Å². The Labute approximate surface area is 210 Å². The zero-order valence-corrected chi connectivity index (χ0v) is 21.0. The van der Waals surface area contributed by atoms with Crippen molar-refractivity contribution in [3.8, 4) is 23.0 Å². The van der Waals surface area contributed by atoms with Gasteiger partial charge in [-0.3, -0.25) is 4.90 Å². The minimum absolute atomic E-state index is 0.0952. The van der Waals surface area contributed by atoms with E-state index in [1.165, 1.54) is 0 Å². The number of para-hydroxylation sites is 1. The van der Waals surface area contributed by atoms with Gasteiger partial charge < -0.3 is 19.3 Å². The lowest BCUT2D eigenvalue weighted by molar-refractivity contribution is -0.0360. The molecule has 1 amide bonds. The van der Waals surface area contributed by atoms with Crippen molar-refractivity contribution in [3.63, 3.8) is 0 Å². The summed E-state index contributed by atoms with van der Waals surface area (Å²) in [6.45, 7) is 7.26. The maximum absolute atomic E-state index is 13.0. The number of morpholine rings is 1. The van der Waals surface area contributed by atoms with Crippen molar-refractivity contribution in [2.75, 3.05) is 26.4 Å². The Bertz CT molecular complexity index is 1150. The summed E-state index contributed by atoms with van der Waals surface area (Å²) in [5.41, 5.74) is 0.116. The second-order valence-corrected chi connectivity index (χ2v) is 9.51. The van der Waals surface area contributed by atoms with Crippen LogP contribution in [0, 0.1) is 0 Å². The summed E-state index contributed by atoms with van der Waals surface area (Å²) in [7, 11) is 0. The van der Waals surface area contributed by atoms with Crippen molar-refractivity contribution in [1.82, 2.24) is 24.6 Å². The van der Waals surface area contributed by atoms with E-state index in [4.69, 9.17) is 24.3 Å². The molecule has 0 aliphatic carbocycles. The van der Waals surface area contributed by atoms with Gasteiger partial charge in [-0.25, -0.2) is 19.4 Å². The van der Waals surface area contributed by atoms with Crippen LogP contribution in [-0.2, 0) is 16.0 Å². The first-order valence-corrected chi connectivity index (χ1v) is 12.2. The first kappa shape index (κ1) is 25.6. The molecule has 36 heavy (non-hydrogen) atoms. The number of hydrogen-bond acceptors (Lipinski definition) is 8. The predicted octanol–water partition coefficient (Wildman–Crippen LogP) is 4.21. The Hall–Kier alpha value is -3.50. The van der Waals surface area contributed by atoms with E-state index in [1.807, 2.05) is 57.2 Å². The Morgan fingerprint density at radius 2 is 2.00 bits per heavy atom. The van der Waals surface area contributed by atoms with Gasteiger partial charge in [-0.1, -0.05) is 18.2 Å². The molecule has 0 spiro atoms. The smallest absolute Gasteiger partial charge is 0.411 e. The molecule has 0 radical (unpaired) electrons. The number of aryl methyl sites for hydroxylation is 1. The average molecular weight is 496 g/mol. The molecule has 192 valence electrons. The fourth-order valence-electron chi connectivity index (χ4n) is 3.83. The zero-order chi connectivity index (χ0) is 25.5. The molecule has 0 saturated carbocycles. The van der Waals surface area contributed by atoms with Crippen LogP contribution in [0.15, 0.2) is 48.7 Å². The minimum atomic E-state index is -0.619. The van der Waals surface area contributed by atoms with Crippen LogP contribution >= 0.6 is 0 Å². The summed E-state index contributed by atoms with van der Waals surface area (Å²) in [5.74, 6) is 2.20. The van der Waals surface area contributed by atoms with E-state index < -0.39 is 17.7 Å². The van der Waals surface area contributed by atoms with Gasteiger partial charge in [0, 0.05) is 37.5 Å². The molecule has 1 unspecified atom stereocenters. The van der Waals surface area contributed by atoms with Crippen molar-refractivity contribution >= 4 is 6.09 Å². The zero-order valence-electron chi connectivity index (χ0n) is 21.0. The summed E-state index contributed by atoms with van der Waals surface area (Å²) in [6.07, 6.45) is 2.59. The van der Waals surface area contributed by atoms with Crippen molar-refractivity contribution in [2.24, 2.45) is 0 Å². The monoisotopic (exact) mass is 495 g/mol. The second-order valence-electron chi connectivity index (χ2n) is 9.51. The second kappa shape index (κ2) is 11.5. The number of rotatable bonds is 8. The third kappa shape index (κ3) is 6.58. The number of carbonyl (C=O) groups is 1. The summed E-state index contributed by atoms with van der Waals surface area (Å²) >= 11 is 0. The molecule has 0 bridgehead atoms. The van der Waals surface area contributed by atoms with Crippen LogP contribution < -0.4 is 4.74 Å². The van der Waals surface area contributed by atoms with E-state index in [0.29, 0.717) is 55.8 Å². The van der Waals surface area contributed by atoms with E-state index in [-0.39, 0.29) is 13.2 Å². The molecular weight excluding hydrogens is 462 g/mol. The lowest BCUT2D eigenvalue weighted by Crippen LogP contribution is -2.46. The van der Waals surface area contributed by atoms with E-state index in [0.717, 1.165) is 5.56 Å². The average Bonchev–Trinajstić information content (AvgIpc) is 3.28. The number of aromatic nitrogens is 4. The molecule has 10 nitrogen and oxygen atoms in total. The Morgan fingerprint density at radius 1 is 1.19 bits per heavy atom. The van der Waals surface area contributed by atoms with E-state index in [2.05, 4.69) is 4.98 Å². The van der Waals surface area contributed by atoms with E-state index in [9.17, 15) is 9.90 Å². The van der Waals surface area contributed by atoms with Gasteiger partial charge in [0.05, 0.1) is 13.2 Å². The minimum Gasteiger partial charge on any atom is -0.444 e. The van der Waals surface area contributed by atoms with Gasteiger partial charge in [0.25, 0.3) is 0 Å². The molecule has 3 aromatic rings. The van der Waals surface area contributed by atoms with Gasteiger partial charge in [-0.15, -0.1) is 0 Å². The van der Waals surface area contributed by atoms with Gasteiger partial charge >= 0.3 is 6.09 Å². The number of pyridine rings is 1. The fourth-order valence-corrected chi connectivity index (χ4v) is 3.83. The highest BCUT2D eigenvalue weighted by Gasteiger charge is 2.35. The third-order valence-electron chi connectivity index (χ3n) is 5.49. The molecule has 1 aliphatic heterocycles. The molecule has 1 fully saturated rings. The molecule has 2 aromatic heterocycles. The van der Waals surface area contributed by atoms with Gasteiger partial charge in [-0.05, 0) is 51.8 Å². The quantitative estimate of drug-likeness (QED) is 0.463. The first-order chi connectivity index (χ1) is 17.3. The van der Waals surface area contributed by atoms with Gasteiger partial charge in [-0.2, -0.15) is 5.10 Å². The molecule has 10 heteroatoms. The number of unbranched alkanes of at least 4 members (excludes halogenated alkanes) is 1. The number of aliphatic hydroxyl groups excluding tert-OH is 1. The molecule has 1 aromatic carbocycles. The standard InChI is InChI=1S/C26H33N5O5/c1-26(2,3)36-25(33)30-14-16-34-18-21(30)24-28-23(29-31(24)13-7-8-15-32)19-11-12-27-22(17-19)35-20-9-5-4-6-10-20/h4-6,9-12,17,21,32H,7-8,13-16,18H2,1-3H3. The molecular formula is C26H33N5O5. The molecule has 1 saturated heterocycles. The van der Waals surface area contributed by atoms with Crippen LogP contribution in [0.4, 0.5) is 4.79 Å².